The fraction of sp³-hybridized carbons (Fsp3) is 0.448. The first-order valence-electron chi connectivity index (χ1n) is 13.1. The van der Waals surface area contributed by atoms with Crippen molar-refractivity contribution in [2.45, 2.75) is 77.9 Å². The highest BCUT2D eigenvalue weighted by Crippen LogP contribution is 2.33. The third-order valence-corrected chi connectivity index (χ3v) is 7.07. The average molecular weight is 544 g/mol. The molecule has 3 amide bonds. The van der Waals surface area contributed by atoms with Crippen LogP contribution >= 0.6 is 0 Å². The van der Waals surface area contributed by atoms with Crippen LogP contribution in [0.3, 0.4) is 0 Å². The van der Waals surface area contributed by atoms with Gasteiger partial charge in [-0.05, 0) is 67.5 Å². The number of hydrogen-bond donors (Lipinski definition) is 3. The second-order valence-corrected chi connectivity index (χ2v) is 10.0. The Morgan fingerprint density at radius 2 is 1.77 bits per heavy atom. The quantitative estimate of drug-likeness (QED) is 0.416. The standard InChI is InChI=1S/C29H35F2N3O5/c1-5-8-22(32-29(39)24-11-7-12-34(24)18(4)35)28(38)33-23(15-25(36)37)20-13-19(14-21(30)27(20)31)26-16(2)9-6-10-17(26)3/h6,9-10,13-14,22-24H,5,7-8,11-12,15H2,1-4H3,(H,32,39)(H,33,38)(H,36,37)/t22-,23-,24+/m0/s1. The lowest BCUT2D eigenvalue weighted by atomic mass is 9.92. The third-order valence-electron chi connectivity index (χ3n) is 7.07. The lowest BCUT2D eigenvalue weighted by molar-refractivity contribution is -0.139. The van der Waals surface area contributed by atoms with Crippen molar-refractivity contribution < 1.29 is 33.1 Å². The molecule has 1 heterocycles. The third kappa shape index (κ3) is 6.99. The zero-order valence-corrected chi connectivity index (χ0v) is 22.6. The summed E-state index contributed by atoms with van der Waals surface area (Å²) in [4.78, 5) is 51.3. The summed E-state index contributed by atoms with van der Waals surface area (Å²) in [6.45, 7) is 7.28. The fourth-order valence-electron chi connectivity index (χ4n) is 5.21. The van der Waals surface area contributed by atoms with Crippen LogP contribution < -0.4 is 10.6 Å². The van der Waals surface area contributed by atoms with E-state index in [1.165, 1.54) is 17.9 Å². The van der Waals surface area contributed by atoms with Crippen LogP contribution in [-0.4, -0.2) is 52.3 Å². The highest BCUT2D eigenvalue weighted by molar-refractivity contribution is 5.92. The number of aliphatic carboxylic acids is 1. The molecule has 0 spiro atoms. The molecular formula is C29H35F2N3O5. The Morgan fingerprint density at radius 1 is 1.10 bits per heavy atom. The van der Waals surface area contributed by atoms with E-state index in [-0.39, 0.29) is 17.9 Å². The van der Waals surface area contributed by atoms with E-state index in [2.05, 4.69) is 10.6 Å². The summed E-state index contributed by atoms with van der Waals surface area (Å²) in [5.74, 6) is -5.19. The number of carbonyl (C=O) groups is 4. The lowest BCUT2D eigenvalue weighted by Crippen LogP contribution is -2.53. The molecule has 3 atom stereocenters. The van der Waals surface area contributed by atoms with E-state index in [0.29, 0.717) is 36.9 Å². The van der Waals surface area contributed by atoms with Crippen LogP contribution in [-0.2, 0) is 19.2 Å². The van der Waals surface area contributed by atoms with Crippen molar-refractivity contribution in [2.24, 2.45) is 0 Å². The lowest BCUT2D eigenvalue weighted by Gasteiger charge is -2.27. The van der Waals surface area contributed by atoms with E-state index in [4.69, 9.17) is 0 Å². The average Bonchev–Trinajstić information content (AvgIpc) is 3.35. The van der Waals surface area contributed by atoms with Crippen molar-refractivity contribution >= 4 is 23.7 Å². The van der Waals surface area contributed by atoms with Gasteiger partial charge in [0.2, 0.25) is 17.7 Å². The van der Waals surface area contributed by atoms with Gasteiger partial charge >= 0.3 is 5.97 Å². The minimum atomic E-state index is -1.40. The molecule has 1 fully saturated rings. The Labute approximate surface area is 226 Å². The van der Waals surface area contributed by atoms with Gasteiger partial charge in [-0.3, -0.25) is 19.2 Å². The minimum Gasteiger partial charge on any atom is -0.481 e. The predicted molar refractivity (Wildman–Crippen MR) is 142 cm³/mol. The summed E-state index contributed by atoms with van der Waals surface area (Å²) in [5, 5.41) is 14.7. The van der Waals surface area contributed by atoms with Crippen LogP contribution in [0.2, 0.25) is 0 Å². The molecule has 3 N–H and O–H groups in total. The number of hydrogen-bond acceptors (Lipinski definition) is 4. The van der Waals surface area contributed by atoms with Gasteiger partial charge in [-0.1, -0.05) is 31.5 Å². The molecule has 0 saturated carbocycles. The predicted octanol–water partition coefficient (Wildman–Crippen LogP) is 4.18. The van der Waals surface area contributed by atoms with Crippen molar-refractivity contribution in [2.75, 3.05) is 6.54 Å². The molecule has 0 radical (unpaired) electrons. The maximum Gasteiger partial charge on any atom is 0.305 e. The fourth-order valence-corrected chi connectivity index (χ4v) is 5.21. The van der Waals surface area contributed by atoms with Crippen LogP contribution in [0.1, 0.15) is 68.7 Å². The highest BCUT2D eigenvalue weighted by Gasteiger charge is 2.35. The zero-order chi connectivity index (χ0) is 28.9. The summed E-state index contributed by atoms with van der Waals surface area (Å²) < 4.78 is 29.9. The van der Waals surface area contributed by atoms with E-state index >= 15 is 4.39 Å². The van der Waals surface area contributed by atoms with Gasteiger partial charge in [0.1, 0.15) is 12.1 Å². The molecule has 1 saturated heterocycles. The maximum atomic E-state index is 15.1. The number of likely N-dealkylation sites (tertiary alicyclic amines) is 1. The smallest absolute Gasteiger partial charge is 0.305 e. The first-order chi connectivity index (χ1) is 18.4. The Kier molecular flexibility index (Phi) is 9.77. The van der Waals surface area contributed by atoms with E-state index in [0.717, 1.165) is 17.2 Å². The van der Waals surface area contributed by atoms with Crippen molar-refractivity contribution in [3.8, 4) is 11.1 Å². The van der Waals surface area contributed by atoms with E-state index < -0.39 is 54.0 Å². The highest BCUT2D eigenvalue weighted by atomic mass is 19.2. The van der Waals surface area contributed by atoms with Gasteiger partial charge in [0.15, 0.2) is 11.6 Å². The molecule has 8 nitrogen and oxygen atoms in total. The summed E-state index contributed by atoms with van der Waals surface area (Å²) in [5.41, 5.74) is 2.38. The van der Waals surface area contributed by atoms with Gasteiger partial charge in [0, 0.05) is 19.0 Å². The van der Waals surface area contributed by atoms with Gasteiger partial charge in [0.25, 0.3) is 0 Å². The first kappa shape index (κ1) is 29.7. The largest absolute Gasteiger partial charge is 0.481 e. The Hall–Kier alpha value is -3.82. The second kappa shape index (κ2) is 12.8. The first-order valence-corrected chi connectivity index (χ1v) is 13.1. The molecule has 3 rings (SSSR count). The van der Waals surface area contributed by atoms with Crippen LogP contribution in [0, 0.1) is 25.5 Å². The van der Waals surface area contributed by atoms with E-state index in [1.54, 1.807) is 0 Å². The normalized spacial score (nSPS) is 16.5. The Balaban J connectivity index is 1.92. The van der Waals surface area contributed by atoms with Crippen LogP contribution in [0.15, 0.2) is 30.3 Å². The molecular weight excluding hydrogens is 508 g/mol. The summed E-state index contributed by atoms with van der Waals surface area (Å²) in [6, 6.07) is 4.75. The molecule has 0 bridgehead atoms. The molecule has 2 aromatic rings. The van der Waals surface area contributed by atoms with Crippen molar-refractivity contribution in [1.82, 2.24) is 15.5 Å². The van der Waals surface area contributed by atoms with Crippen molar-refractivity contribution in [3.05, 3.63) is 58.7 Å². The number of rotatable bonds is 10. The molecule has 0 aliphatic carbocycles. The van der Waals surface area contributed by atoms with Crippen LogP contribution in [0.25, 0.3) is 11.1 Å². The van der Waals surface area contributed by atoms with Crippen LogP contribution in [0.4, 0.5) is 8.78 Å². The second-order valence-electron chi connectivity index (χ2n) is 10.0. The van der Waals surface area contributed by atoms with Gasteiger partial charge < -0.3 is 20.6 Å². The number of benzene rings is 2. The monoisotopic (exact) mass is 543 g/mol. The number of aryl methyl sites for hydroxylation is 2. The molecule has 210 valence electrons. The molecule has 0 unspecified atom stereocenters. The number of carbonyl (C=O) groups excluding carboxylic acids is 3. The van der Waals surface area contributed by atoms with Gasteiger partial charge in [-0.15, -0.1) is 0 Å². The van der Waals surface area contributed by atoms with Crippen molar-refractivity contribution in [3.63, 3.8) is 0 Å². The van der Waals surface area contributed by atoms with Crippen molar-refractivity contribution in [1.29, 1.82) is 0 Å². The molecule has 2 aromatic carbocycles. The number of halogens is 2. The SMILES string of the molecule is CCC[C@H](NC(=O)[C@H]1CCCN1C(C)=O)C(=O)N[C@@H](CC(=O)O)c1cc(-c2c(C)cccc2C)cc(F)c1F. The number of nitrogens with zero attached hydrogens (tertiary/aromatic N) is 1. The van der Waals surface area contributed by atoms with Gasteiger partial charge in [-0.25, -0.2) is 8.78 Å². The number of carboxylic acids is 1. The molecule has 1 aliphatic rings. The number of carboxylic acid groups (broad SMARTS) is 1. The maximum absolute atomic E-state index is 15.1. The number of amides is 3. The van der Waals surface area contributed by atoms with Gasteiger partial charge in [-0.2, -0.15) is 0 Å². The van der Waals surface area contributed by atoms with E-state index in [1.807, 2.05) is 39.0 Å². The molecule has 39 heavy (non-hydrogen) atoms. The zero-order valence-electron chi connectivity index (χ0n) is 22.6. The Bertz CT molecular complexity index is 1250. The van der Waals surface area contributed by atoms with Gasteiger partial charge in [0.05, 0.1) is 12.5 Å². The topological polar surface area (TPSA) is 116 Å². The summed E-state index contributed by atoms with van der Waals surface area (Å²) >= 11 is 0. The summed E-state index contributed by atoms with van der Waals surface area (Å²) in [6.07, 6.45) is 1.15. The summed E-state index contributed by atoms with van der Waals surface area (Å²) in [7, 11) is 0. The molecule has 10 heteroatoms. The number of nitrogens with one attached hydrogen (secondary N) is 2. The Morgan fingerprint density at radius 3 is 2.36 bits per heavy atom. The minimum absolute atomic E-state index is 0.226. The molecule has 0 aromatic heterocycles. The van der Waals surface area contributed by atoms with Crippen LogP contribution in [0.5, 0.6) is 0 Å². The van der Waals surface area contributed by atoms with E-state index in [9.17, 15) is 28.7 Å². The molecule has 1 aliphatic heterocycles.